The molecule has 1 N–H and O–H groups in total. The monoisotopic (exact) mass is 226 g/mol. The van der Waals surface area contributed by atoms with Gasteiger partial charge in [-0.25, -0.2) is 10.1 Å². The lowest BCUT2D eigenvalue weighted by Gasteiger charge is -2.16. The van der Waals surface area contributed by atoms with E-state index in [0.29, 0.717) is 0 Å². The summed E-state index contributed by atoms with van der Waals surface area (Å²) in [4.78, 5) is 25.0. The summed E-state index contributed by atoms with van der Waals surface area (Å²) in [5.41, 5.74) is -0.501. The van der Waals surface area contributed by atoms with Crippen LogP contribution in [0.3, 0.4) is 0 Å². The van der Waals surface area contributed by atoms with Crippen LogP contribution in [0.15, 0.2) is 24.3 Å². The Morgan fingerprint density at radius 1 is 1.25 bits per heavy atom. The molecule has 0 amide bonds. The second-order valence-corrected chi connectivity index (χ2v) is 4.15. The standard InChI is InChI=1S/C11H14O5/c1-11(2,3)16-15-10(12)8-6-4-5-7-9(8)14-13/h4-7,13H,1-3H3. The van der Waals surface area contributed by atoms with Gasteiger partial charge < -0.3 is 4.89 Å². The van der Waals surface area contributed by atoms with Crippen LogP contribution >= 0.6 is 0 Å². The summed E-state index contributed by atoms with van der Waals surface area (Å²) >= 11 is 0. The fourth-order valence-corrected chi connectivity index (χ4v) is 0.923. The molecular weight excluding hydrogens is 212 g/mol. The van der Waals surface area contributed by atoms with E-state index in [-0.39, 0.29) is 11.3 Å². The maximum Gasteiger partial charge on any atom is 0.377 e. The summed E-state index contributed by atoms with van der Waals surface area (Å²) in [5.74, 6) is -0.704. The van der Waals surface area contributed by atoms with Gasteiger partial charge in [-0.15, -0.1) is 0 Å². The SMILES string of the molecule is CC(C)(C)OOC(=O)c1ccccc1OO. The summed E-state index contributed by atoms with van der Waals surface area (Å²) < 4.78 is 0. The van der Waals surface area contributed by atoms with Crippen LogP contribution in [0, 0.1) is 0 Å². The van der Waals surface area contributed by atoms with Crippen LogP contribution < -0.4 is 4.89 Å². The summed E-state index contributed by atoms with van der Waals surface area (Å²) in [6.07, 6.45) is 0. The number of para-hydroxylation sites is 1. The molecule has 0 bridgehead atoms. The third-order valence-electron chi connectivity index (χ3n) is 1.57. The highest BCUT2D eigenvalue weighted by atomic mass is 17.2. The van der Waals surface area contributed by atoms with Gasteiger partial charge in [0.2, 0.25) is 0 Å². The van der Waals surface area contributed by atoms with Crippen LogP contribution in [0.5, 0.6) is 5.75 Å². The molecule has 0 aliphatic carbocycles. The first-order valence-corrected chi connectivity index (χ1v) is 4.74. The number of rotatable bonds is 3. The Kier molecular flexibility index (Phi) is 3.87. The molecule has 0 fully saturated rings. The van der Waals surface area contributed by atoms with Crippen molar-refractivity contribution in [3.8, 4) is 5.75 Å². The molecule has 0 heterocycles. The minimum absolute atomic E-state index is 0.0185. The number of carbonyl (C=O) groups excluding carboxylic acids is 1. The second kappa shape index (κ2) is 4.96. The lowest BCUT2D eigenvalue weighted by atomic mass is 10.2. The van der Waals surface area contributed by atoms with Crippen LogP contribution in [0.4, 0.5) is 0 Å². The summed E-state index contributed by atoms with van der Waals surface area (Å²) in [6, 6.07) is 6.14. The number of carbonyl (C=O) groups is 1. The largest absolute Gasteiger partial charge is 0.377 e. The molecule has 0 spiro atoms. The average Bonchev–Trinajstić information content (AvgIpc) is 2.25. The van der Waals surface area contributed by atoms with Crippen LogP contribution in [0.25, 0.3) is 0 Å². The van der Waals surface area contributed by atoms with Gasteiger partial charge in [-0.3, -0.25) is 4.89 Å². The number of hydrogen-bond acceptors (Lipinski definition) is 5. The number of benzene rings is 1. The molecule has 0 saturated heterocycles. The smallest absolute Gasteiger partial charge is 0.339 e. The minimum Gasteiger partial charge on any atom is -0.339 e. The highest BCUT2D eigenvalue weighted by molar-refractivity contribution is 5.92. The zero-order chi connectivity index (χ0) is 12.2. The van der Waals surface area contributed by atoms with Crippen molar-refractivity contribution >= 4 is 5.97 Å². The molecule has 16 heavy (non-hydrogen) atoms. The summed E-state index contributed by atoms with van der Waals surface area (Å²) in [5, 5.41) is 8.55. The van der Waals surface area contributed by atoms with Crippen LogP contribution in [-0.2, 0) is 9.78 Å². The first-order chi connectivity index (χ1) is 7.44. The van der Waals surface area contributed by atoms with E-state index in [1.165, 1.54) is 12.1 Å². The summed E-state index contributed by atoms with van der Waals surface area (Å²) in [7, 11) is 0. The van der Waals surface area contributed by atoms with Gasteiger partial charge >= 0.3 is 5.97 Å². The lowest BCUT2D eigenvalue weighted by Crippen LogP contribution is -2.22. The molecule has 0 radical (unpaired) electrons. The van der Waals surface area contributed by atoms with Crippen molar-refractivity contribution in [2.45, 2.75) is 26.4 Å². The molecule has 5 heteroatoms. The molecule has 1 aromatic carbocycles. The van der Waals surface area contributed by atoms with Gasteiger partial charge in [0.25, 0.3) is 0 Å². The Labute approximate surface area is 93.4 Å². The van der Waals surface area contributed by atoms with E-state index in [2.05, 4.69) is 9.78 Å². The predicted octanol–water partition coefficient (Wildman–Crippen LogP) is 2.43. The molecule has 0 aliphatic heterocycles. The average molecular weight is 226 g/mol. The van der Waals surface area contributed by atoms with Crippen molar-refractivity contribution in [2.24, 2.45) is 0 Å². The maximum atomic E-state index is 11.5. The van der Waals surface area contributed by atoms with Crippen LogP contribution in [0.2, 0.25) is 0 Å². The molecular formula is C11H14O5. The maximum absolute atomic E-state index is 11.5. The van der Waals surface area contributed by atoms with Gasteiger partial charge in [-0.05, 0) is 32.9 Å². The van der Waals surface area contributed by atoms with Crippen molar-refractivity contribution in [1.82, 2.24) is 0 Å². The van der Waals surface area contributed by atoms with Crippen molar-refractivity contribution in [3.05, 3.63) is 29.8 Å². The van der Waals surface area contributed by atoms with E-state index in [1.54, 1.807) is 32.9 Å². The Bertz CT molecular complexity index is 367. The minimum atomic E-state index is -0.723. The van der Waals surface area contributed by atoms with E-state index in [1.807, 2.05) is 0 Å². The zero-order valence-corrected chi connectivity index (χ0v) is 9.39. The molecule has 1 rings (SSSR count). The topological polar surface area (TPSA) is 65.0 Å². The van der Waals surface area contributed by atoms with E-state index < -0.39 is 11.6 Å². The quantitative estimate of drug-likeness (QED) is 0.633. The van der Waals surface area contributed by atoms with Crippen LogP contribution in [0.1, 0.15) is 31.1 Å². The summed E-state index contributed by atoms with van der Waals surface area (Å²) in [6.45, 7) is 5.23. The van der Waals surface area contributed by atoms with E-state index in [4.69, 9.17) is 10.1 Å². The molecule has 0 aliphatic rings. The van der Waals surface area contributed by atoms with Gasteiger partial charge in [0.15, 0.2) is 5.75 Å². The third-order valence-corrected chi connectivity index (χ3v) is 1.57. The van der Waals surface area contributed by atoms with Gasteiger partial charge in [-0.1, -0.05) is 12.1 Å². The Morgan fingerprint density at radius 3 is 2.44 bits per heavy atom. The fourth-order valence-electron chi connectivity index (χ4n) is 0.923. The highest BCUT2D eigenvalue weighted by Gasteiger charge is 2.19. The second-order valence-electron chi connectivity index (χ2n) is 4.15. The zero-order valence-electron chi connectivity index (χ0n) is 9.39. The third kappa shape index (κ3) is 3.52. The molecule has 88 valence electrons. The highest BCUT2D eigenvalue weighted by Crippen LogP contribution is 2.19. The lowest BCUT2D eigenvalue weighted by molar-refractivity contribution is -0.301. The van der Waals surface area contributed by atoms with Gasteiger partial charge in [0.05, 0.1) is 0 Å². The van der Waals surface area contributed by atoms with Crippen molar-refractivity contribution in [3.63, 3.8) is 0 Å². The van der Waals surface area contributed by atoms with Crippen molar-refractivity contribution in [1.29, 1.82) is 0 Å². The van der Waals surface area contributed by atoms with Crippen LogP contribution in [-0.4, -0.2) is 16.8 Å². The Hall–Kier alpha value is -1.59. The predicted molar refractivity (Wildman–Crippen MR) is 56.0 cm³/mol. The molecule has 0 atom stereocenters. The Balaban J connectivity index is 2.73. The van der Waals surface area contributed by atoms with E-state index in [0.717, 1.165) is 0 Å². The molecule has 0 saturated carbocycles. The number of hydrogen-bond donors (Lipinski definition) is 1. The fraction of sp³-hybridized carbons (Fsp3) is 0.364. The van der Waals surface area contributed by atoms with E-state index in [9.17, 15) is 4.79 Å². The molecule has 0 aromatic heterocycles. The molecule has 5 nitrogen and oxygen atoms in total. The van der Waals surface area contributed by atoms with Crippen molar-refractivity contribution < 1.29 is 24.7 Å². The molecule has 0 unspecified atom stereocenters. The Morgan fingerprint density at radius 2 is 1.88 bits per heavy atom. The normalized spacial score (nSPS) is 11.0. The van der Waals surface area contributed by atoms with Gasteiger partial charge in [0, 0.05) is 0 Å². The van der Waals surface area contributed by atoms with Crippen molar-refractivity contribution in [2.75, 3.05) is 0 Å². The van der Waals surface area contributed by atoms with Gasteiger partial charge in [0.1, 0.15) is 11.2 Å². The molecule has 1 aromatic rings. The first-order valence-electron chi connectivity index (χ1n) is 4.74. The van der Waals surface area contributed by atoms with Gasteiger partial charge in [-0.2, -0.15) is 4.89 Å². The first kappa shape index (κ1) is 12.5. The van der Waals surface area contributed by atoms with E-state index >= 15 is 0 Å².